The maximum Gasteiger partial charge on any atom is 0.316 e. The van der Waals surface area contributed by atoms with E-state index in [-0.39, 0.29) is 11.7 Å². The van der Waals surface area contributed by atoms with E-state index in [1.54, 1.807) is 36.4 Å². The van der Waals surface area contributed by atoms with Crippen molar-refractivity contribution in [3.63, 3.8) is 0 Å². The number of carboxylic acids is 1. The highest BCUT2D eigenvalue weighted by Crippen LogP contribution is 2.27. The Kier molecular flexibility index (Phi) is 4.46. The summed E-state index contributed by atoms with van der Waals surface area (Å²) in [5.41, 5.74) is 1.50. The average Bonchev–Trinajstić information content (AvgIpc) is 2.97. The van der Waals surface area contributed by atoms with Gasteiger partial charge in [-0.25, -0.2) is 4.39 Å². The Hall–Kier alpha value is -2.89. The number of carbonyl (C=O) groups is 2. The summed E-state index contributed by atoms with van der Waals surface area (Å²) in [6.45, 7) is 0.703. The lowest BCUT2D eigenvalue weighted by Gasteiger charge is -2.16. The van der Waals surface area contributed by atoms with Gasteiger partial charge in [-0.15, -0.1) is 0 Å². The van der Waals surface area contributed by atoms with Crippen molar-refractivity contribution in [3.05, 3.63) is 59.9 Å². The Labute approximate surface area is 138 Å². The molecule has 0 bridgehead atoms. The first-order valence-corrected chi connectivity index (χ1v) is 7.56. The Morgan fingerprint density at radius 2 is 1.83 bits per heavy atom. The summed E-state index contributed by atoms with van der Waals surface area (Å²) in [6, 6.07) is 12.9. The highest BCUT2D eigenvalue weighted by atomic mass is 19.1. The molecule has 1 saturated heterocycles. The third-order valence-electron chi connectivity index (χ3n) is 3.97. The molecule has 1 atom stereocenters. The van der Waals surface area contributed by atoms with Gasteiger partial charge in [-0.05, 0) is 48.4 Å². The second-order valence-electron chi connectivity index (χ2n) is 5.58. The second kappa shape index (κ2) is 6.70. The van der Waals surface area contributed by atoms with Crippen molar-refractivity contribution >= 4 is 17.6 Å². The number of amides is 1. The zero-order valence-electron chi connectivity index (χ0n) is 12.8. The van der Waals surface area contributed by atoms with E-state index in [0.29, 0.717) is 31.0 Å². The van der Waals surface area contributed by atoms with E-state index >= 15 is 0 Å². The number of carbonyl (C=O) groups excluding carboxylic acids is 1. The van der Waals surface area contributed by atoms with Crippen LogP contribution >= 0.6 is 0 Å². The van der Waals surface area contributed by atoms with Gasteiger partial charge in [0.05, 0.1) is 0 Å². The largest absolute Gasteiger partial charge is 0.489 e. The maximum absolute atomic E-state index is 12.8. The van der Waals surface area contributed by atoms with Gasteiger partial charge in [0.25, 0.3) is 0 Å². The molecule has 6 heteroatoms. The molecule has 0 radical (unpaired) electrons. The number of hydrogen-bond donors (Lipinski definition) is 1. The molecule has 0 unspecified atom stereocenters. The van der Waals surface area contributed by atoms with E-state index in [9.17, 15) is 14.0 Å². The van der Waals surface area contributed by atoms with Gasteiger partial charge in [0.2, 0.25) is 5.91 Å². The highest BCUT2D eigenvalue weighted by molar-refractivity contribution is 6.07. The standard InChI is InChI=1S/C18H16FNO4/c19-13-3-1-12(2-4-13)11-24-15-7-5-14(6-8-15)20-10-9-16(17(20)21)18(22)23/h1-8,16H,9-11H2,(H,22,23)/t16-/m0/s1. The van der Waals surface area contributed by atoms with Gasteiger partial charge >= 0.3 is 5.97 Å². The molecule has 124 valence electrons. The van der Waals surface area contributed by atoms with Crippen molar-refractivity contribution < 1.29 is 23.8 Å². The molecule has 1 N–H and O–H groups in total. The number of hydrogen-bond acceptors (Lipinski definition) is 3. The molecule has 2 aromatic carbocycles. The van der Waals surface area contributed by atoms with E-state index in [0.717, 1.165) is 5.56 Å². The summed E-state index contributed by atoms with van der Waals surface area (Å²) in [4.78, 5) is 24.5. The van der Waals surface area contributed by atoms with E-state index in [1.165, 1.54) is 17.0 Å². The molecular formula is C18H16FNO4. The predicted octanol–water partition coefficient (Wildman–Crippen LogP) is 2.84. The van der Waals surface area contributed by atoms with E-state index in [2.05, 4.69) is 0 Å². The fourth-order valence-electron chi connectivity index (χ4n) is 2.64. The van der Waals surface area contributed by atoms with Crippen LogP contribution in [0.2, 0.25) is 0 Å². The average molecular weight is 329 g/mol. The first-order chi connectivity index (χ1) is 11.5. The topological polar surface area (TPSA) is 66.8 Å². The zero-order valence-corrected chi connectivity index (χ0v) is 12.8. The predicted molar refractivity (Wildman–Crippen MR) is 85.3 cm³/mol. The van der Waals surface area contributed by atoms with Crippen molar-refractivity contribution in [1.82, 2.24) is 0 Å². The van der Waals surface area contributed by atoms with Gasteiger partial charge in [0.1, 0.15) is 24.1 Å². The third kappa shape index (κ3) is 3.37. The molecule has 0 aliphatic carbocycles. The molecule has 0 spiro atoms. The van der Waals surface area contributed by atoms with Crippen LogP contribution in [0.25, 0.3) is 0 Å². The van der Waals surface area contributed by atoms with Gasteiger partial charge in [0, 0.05) is 12.2 Å². The number of aliphatic carboxylic acids is 1. The van der Waals surface area contributed by atoms with Crippen LogP contribution in [0.15, 0.2) is 48.5 Å². The number of ether oxygens (including phenoxy) is 1. The Balaban J connectivity index is 1.62. The number of halogens is 1. The Morgan fingerprint density at radius 1 is 1.17 bits per heavy atom. The van der Waals surface area contributed by atoms with Crippen LogP contribution in [0.1, 0.15) is 12.0 Å². The number of benzene rings is 2. The van der Waals surface area contributed by atoms with Gasteiger partial charge in [0.15, 0.2) is 0 Å². The molecule has 2 aromatic rings. The Bertz CT molecular complexity index is 743. The van der Waals surface area contributed by atoms with E-state index in [4.69, 9.17) is 9.84 Å². The summed E-state index contributed by atoms with van der Waals surface area (Å²) in [7, 11) is 0. The number of nitrogens with zero attached hydrogens (tertiary/aromatic N) is 1. The normalized spacial score (nSPS) is 17.1. The summed E-state index contributed by atoms with van der Waals surface area (Å²) >= 11 is 0. The molecule has 0 aromatic heterocycles. The van der Waals surface area contributed by atoms with Crippen LogP contribution in [0.4, 0.5) is 10.1 Å². The minimum absolute atomic E-state index is 0.293. The van der Waals surface area contributed by atoms with E-state index in [1.807, 2.05) is 0 Å². The molecule has 1 aliphatic heterocycles. The van der Waals surface area contributed by atoms with Gasteiger partial charge in [-0.3, -0.25) is 9.59 Å². The van der Waals surface area contributed by atoms with Crippen LogP contribution < -0.4 is 9.64 Å². The van der Waals surface area contributed by atoms with Crippen molar-refractivity contribution in [3.8, 4) is 5.75 Å². The molecule has 24 heavy (non-hydrogen) atoms. The van der Waals surface area contributed by atoms with Crippen LogP contribution in [-0.2, 0) is 16.2 Å². The SMILES string of the molecule is O=C(O)[C@H]1CCN(c2ccc(OCc3ccc(F)cc3)cc2)C1=O. The quantitative estimate of drug-likeness (QED) is 0.857. The first-order valence-electron chi connectivity index (χ1n) is 7.56. The van der Waals surface area contributed by atoms with Gasteiger partial charge in [-0.2, -0.15) is 0 Å². The van der Waals surface area contributed by atoms with Crippen molar-refractivity contribution in [1.29, 1.82) is 0 Å². The van der Waals surface area contributed by atoms with Crippen LogP contribution in [0.3, 0.4) is 0 Å². The summed E-state index contributed by atoms with van der Waals surface area (Å²) < 4.78 is 18.5. The van der Waals surface area contributed by atoms with Crippen LogP contribution in [0, 0.1) is 11.7 Å². The van der Waals surface area contributed by atoms with Crippen molar-refractivity contribution in [2.24, 2.45) is 5.92 Å². The van der Waals surface area contributed by atoms with E-state index < -0.39 is 11.9 Å². The van der Waals surface area contributed by atoms with Gasteiger partial charge in [-0.1, -0.05) is 12.1 Å². The van der Waals surface area contributed by atoms with Crippen LogP contribution in [0.5, 0.6) is 5.75 Å². The molecule has 5 nitrogen and oxygen atoms in total. The molecular weight excluding hydrogens is 313 g/mol. The second-order valence-corrected chi connectivity index (χ2v) is 5.58. The molecule has 1 aliphatic rings. The highest BCUT2D eigenvalue weighted by Gasteiger charge is 2.37. The monoisotopic (exact) mass is 329 g/mol. The van der Waals surface area contributed by atoms with Crippen LogP contribution in [-0.4, -0.2) is 23.5 Å². The zero-order chi connectivity index (χ0) is 17.1. The number of rotatable bonds is 5. The lowest BCUT2D eigenvalue weighted by atomic mass is 10.1. The summed E-state index contributed by atoms with van der Waals surface area (Å²) in [5, 5.41) is 9.00. The fraction of sp³-hybridized carbons (Fsp3) is 0.222. The third-order valence-corrected chi connectivity index (χ3v) is 3.97. The van der Waals surface area contributed by atoms with Crippen molar-refractivity contribution in [2.75, 3.05) is 11.4 Å². The summed E-state index contributed by atoms with van der Waals surface area (Å²) in [6.07, 6.45) is 0.316. The summed E-state index contributed by atoms with van der Waals surface area (Å²) in [5.74, 6) is -2.11. The molecule has 1 amide bonds. The molecule has 3 rings (SSSR count). The maximum atomic E-state index is 12.8. The smallest absolute Gasteiger partial charge is 0.316 e. The fourth-order valence-corrected chi connectivity index (χ4v) is 2.64. The number of carboxylic acid groups (broad SMARTS) is 1. The molecule has 1 fully saturated rings. The molecule has 0 saturated carbocycles. The van der Waals surface area contributed by atoms with Crippen molar-refractivity contribution in [2.45, 2.75) is 13.0 Å². The minimum Gasteiger partial charge on any atom is -0.489 e. The lowest BCUT2D eigenvalue weighted by Crippen LogP contribution is -2.29. The van der Waals surface area contributed by atoms with Gasteiger partial charge < -0.3 is 14.7 Å². The molecule has 1 heterocycles. The lowest BCUT2D eigenvalue weighted by molar-refractivity contribution is -0.144. The minimum atomic E-state index is -1.08. The Morgan fingerprint density at radius 3 is 2.42 bits per heavy atom. The number of anilines is 1. The first kappa shape index (κ1) is 16.0.